The first-order chi connectivity index (χ1) is 7.54. The van der Waals surface area contributed by atoms with Gasteiger partial charge in [0.1, 0.15) is 0 Å². The summed E-state index contributed by atoms with van der Waals surface area (Å²) in [5.41, 5.74) is 2.40. The van der Waals surface area contributed by atoms with E-state index in [2.05, 4.69) is 24.3 Å². The number of rotatable bonds is 4. The fourth-order valence-electron chi connectivity index (χ4n) is 1.81. The first kappa shape index (κ1) is 12.6. The molecule has 0 fully saturated rings. The minimum Gasteiger partial charge on any atom is -0.465 e. The number of nitrogens with zero attached hydrogens (tertiary/aromatic N) is 1. The maximum atomic E-state index is 10.9. The molecule has 1 amide bonds. The number of hydrogen-bond acceptors (Lipinski definition) is 1. The van der Waals surface area contributed by atoms with E-state index in [0.717, 1.165) is 6.42 Å². The normalized spacial score (nSPS) is 12.2. The molecule has 3 nitrogen and oxygen atoms in total. The summed E-state index contributed by atoms with van der Waals surface area (Å²) in [6.45, 7) is 6.38. The lowest BCUT2D eigenvalue weighted by Crippen LogP contribution is -2.38. The van der Waals surface area contributed by atoms with Crippen LogP contribution in [0, 0.1) is 6.92 Å². The van der Waals surface area contributed by atoms with Gasteiger partial charge in [-0.1, -0.05) is 29.8 Å². The second kappa shape index (κ2) is 5.54. The van der Waals surface area contributed by atoms with Crippen molar-refractivity contribution >= 4 is 6.09 Å². The maximum Gasteiger partial charge on any atom is 0.407 e. The molecule has 0 aliphatic rings. The van der Waals surface area contributed by atoms with Crippen molar-refractivity contribution in [3.63, 3.8) is 0 Å². The second-order valence-electron chi connectivity index (χ2n) is 4.11. The highest BCUT2D eigenvalue weighted by Crippen LogP contribution is 2.10. The van der Waals surface area contributed by atoms with Gasteiger partial charge in [-0.3, -0.25) is 0 Å². The maximum absolute atomic E-state index is 10.9. The number of amides is 1. The summed E-state index contributed by atoms with van der Waals surface area (Å²) in [5, 5.41) is 8.99. The molecule has 0 radical (unpaired) electrons. The van der Waals surface area contributed by atoms with Crippen LogP contribution < -0.4 is 0 Å². The number of carbonyl (C=O) groups is 1. The molecule has 0 spiro atoms. The van der Waals surface area contributed by atoms with Crippen LogP contribution in [-0.2, 0) is 6.42 Å². The van der Waals surface area contributed by atoms with Crippen molar-refractivity contribution in [3.05, 3.63) is 35.4 Å². The molecule has 0 saturated heterocycles. The number of aryl methyl sites for hydroxylation is 1. The smallest absolute Gasteiger partial charge is 0.407 e. The van der Waals surface area contributed by atoms with Gasteiger partial charge in [0.15, 0.2) is 0 Å². The third kappa shape index (κ3) is 3.26. The molecule has 0 aliphatic carbocycles. The molecule has 88 valence electrons. The van der Waals surface area contributed by atoms with Crippen LogP contribution in [0.2, 0.25) is 0 Å². The molecule has 0 bridgehead atoms. The van der Waals surface area contributed by atoms with Gasteiger partial charge in [0.2, 0.25) is 0 Å². The molecule has 0 heterocycles. The van der Waals surface area contributed by atoms with Crippen LogP contribution in [0.4, 0.5) is 4.79 Å². The largest absolute Gasteiger partial charge is 0.465 e. The Bertz CT molecular complexity index is 345. The van der Waals surface area contributed by atoms with Crippen molar-refractivity contribution in [2.45, 2.75) is 33.2 Å². The Balaban J connectivity index is 2.66. The molecule has 1 atom stereocenters. The van der Waals surface area contributed by atoms with E-state index in [1.54, 1.807) is 0 Å². The summed E-state index contributed by atoms with van der Waals surface area (Å²) in [6.07, 6.45) is -0.0810. The van der Waals surface area contributed by atoms with Gasteiger partial charge in [-0.15, -0.1) is 0 Å². The SMILES string of the molecule is CCN(C(=O)O)C(C)Cc1ccc(C)cc1. The zero-order chi connectivity index (χ0) is 12.1. The molecular weight excluding hydrogens is 202 g/mol. The summed E-state index contributed by atoms with van der Waals surface area (Å²) in [6, 6.07) is 8.24. The molecular formula is C13H19NO2. The average Bonchev–Trinajstić information content (AvgIpc) is 2.22. The quantitative estimate of drug-likeness (QED) is 0.849. The van der Waals surface area contributed by atoms with E-state index in [1.165, 1.54) is 16.0 Å². The van der Waals surface area contributed by atoms with Crippen LogP contribution in [0.3, 0.4) is 0 Å². The van der Waals surface area contributed by atoms with Crippen molar-refractivity contribution in [2.24, 2.45) is 0 Å². The van der Waals surface area contributed by atoms with Gasteiger partial charge >= 0.3 is 6.09 Å². The third-order valence-corrected chi connectivity index (χ3v) is 2.77. The van der Waals surface area contributed by atoms with Crippen molar-refractivity contribution in [1.29, 1.82) is 0 Å². The van der Waals surface area contributed by atoms with E-state index >= 15 is 0 Å². The van der Waals surface area contributed by atoms with Crippen LogP contribution in [0.15, 0.2) is 24.3 Å². The highest BCUT2D eigenvalue weighted by molar-refractivity contribution is 5.65. The summed E-state index contributed by atoms with van der Waals surface area (Å²) in [7, 11) is 0. The first-order valence-corrected chi connectivity index (χ1v) is 5.59. The van der Waals surface area contributed by atoms with Crippen molar-refractivity contribution < 1.29 is 9.90 Å². The molecule has 0 aromatic heterocycles. The number of hydrogen-bond donors (Lipinski definition) is 1. The van der Waals surface area contributed by atoms with Gasteiger partial charge < -0.3 is 10.0 Å². The summed E-state index contributed by atoms with van der Waals surface area (Å²) in [5.74, 6) is 0. The van der Waals surface area contributed by atoms with Gasteiger partial charge in [0.25, 0.3) is 0 Å². The zero-order valence-corrected chi connectivity index (χ0v) is 10.1. The molecule has 1 rings (SSSR count). The minimum atomic E-state index is -0.845. The van der Waals surface area contributed by atoms with E-state index in [0.29, 0.717) is 6.54 Å². The van der Waals surface area contributed by atoms with E-state index < -0.39 is 6.09 Å². The number of benzene rings is 1. The molecule has 1 aromatic rings. The van der Waals surface area contributed by atoms with Crippen LogP contribution >= 0.6 is 0 Å². The monoisotopic (exact) mass is 221 g/mol. The highest BCUT2D eigenvalue weighted by Gasteiger charge is 2.17. The van der Waals surface area contributed by atoms with Crippen LogP contribution in [0.1, 0.15) is 25.0 Å². The fourth-order valence-corrected chi connectivity index (χ4v) is 1.81. The molecule has 1 aromatic carbocycles. The third-order valence-electron chi connectivity index (χ3n) is 2.77. The Morgan fingerprint density at radius 3 is 2.38 bits per heavy atom. The molecule has 1 unspecified atom stereocenters. The van der Waals surface area contributed by atoms with Gasteiger partial charge in [0.05, 0.1) is 0 Å². The van der Waals surface area contributed by atoms with Crippen LogP contribution in [-0.4, -0.2) is 28.7 Å². The van der Waals surface area contributed by atoms with Gasteiger partial charge in [-0.25, -0.2) is 4.79 Å². The summed E-state index contributed by atoms with van der Waals surface area (Å²) in [4.78, 5) is 12.4. The Labute approximate surface area is 96.7 Å². The first-order valence-electron chi connectivity index (χ1n) is 5.59. The van der Waals surface area contributed by atoms with E-state index in [1.807, 2.05) is 20.8 Å². The Morgan fingerprint density at radius 1 is 1.38 bits per heavy atom. The lowest BCUT2D eigenvalue weighted by Gasteiger charge is -2.25. The predicted molar refractivity (Wildman–Crippen MR) is 64.7 cm³/mol. The standard InChI is InChI=1S/C13H19NO2/c1-4-14(13(15)16)11(3)9-12-7-5-10(2)6-8-12/h5-8,11H,4,9H2,1-3H3,(H,15,16). The molecule has 1 N–H and O–H groups in total. The lowest BCUT2D eigenvalue weighted by atomic mass is 10.0. The second-order valence-corrected chi connectivity index (χ2v) is 4.11. The predicted octanol–water partition coefficient (Wildman–Crippen LogP) is 2.93. The zero-order valence-electron chi connectivity index (χ0n) is 10.1. The molecule has 0 saturated carbocycles. The van der Waals surface area contributed by atoms with Crippen molar-refractivity contribution in [3.8, 4) is 0 Å². The minimum absolute atomic E-state index is 0.0187. The lowest BCUT2D eigenvalue weighted by molar-refractivity contribution is 0.131. The number of likely N-dealkylation sites (N-methyl/N-ethyl adjacent to an activating group) is 1. The van der Waals surface area contributed by atoms with Gasteiger partial charge in [0, 0.05) is 12.6 Å². The van der Waals surface area contributed by atoms with Crippen molar-refractivity contribution in [1.82, 2.24) is 4.90 Å². The molecule has 16 heavy (non-hydrogen) atoms. The van der Waals surface area contributed by atoms with Gasteiger partial charge in [-0.05, 0) is 32.8 Å². The Morgan fingerprint density at radius 2 is 1.94 bits per heavy atom. The molecule has 3 heteroatoms. The number of carboxylic acid groups (broad SMARTS) is 1. The Kier molecular flexibility index (Phi) is 4.35. The van der Waals surface area contributed by atoms with Crippen LogP contribution in [0.25, 0.3) is 0 Å². The Hall–Kier alpha value is -1.51. The average molecular weight is 221 g/mol. The summed E-state index contributed by atoms with van der Waals surface area (Å²) >= 11 is 0. The molecule has 0 aliphatic heterocycles. The van der Waals surface area contributed by atoms with Gasteiger partial charge in [-0.2, -0.15) is 0 Å². The van der Waals surface area contributed by atoms with Crippen molar-refractivity contribution in [2.75, 3.05) is 6.54 Å². The topological polar surface area (TPSA) is 40.5 Å². The van der Waals surface area contributed by atoms with E-state index in [-0.39, 0.29) is 6.04 Å². The summed E-state index contributed by atoms with van der Waals surface area (Å²) < 4.78 is 0. The fraction of sp³-hybridized carbons (Fsp3) is 0.462. The highest BCUT2D eigenvalue weighted by atomic mass is 16.4. The van der Waals surface area contributed by atoms with E-state index in [4.69, 9.17) is 5.11 Å². The van der Waals surface area contributed by atoms with Crippen LogP contribution in [0.5, 0.6) is 0 Å². The van der Waals surface area contributed by atoms with E-state index in [9.17, 15) is 4.79 Å².